The number of primary amides is 1. The van der Waals surface area contributed by atoms with Gasteiger partial charge >= 0.3 is 0 Å². The monoisotopic (exact) mass is 365 g/mol. The largest absolute Gasteiger partial charge is 0.488 e. The van der Waals surface area contributed by atoms with E-state index in [1.54, 1.807) is 6.08 Å². The normalized spacial score (nSPS) is 10.8. The maximum absolute atomic E-state index is 10.7. The molecule has 2 rings (SSSR count). The molecular weight excluding hydrogens is 354 g/mol. The van der Waals surface area contributed by atoms with Gasteiger partial charge in [-0.15, -0.1) is 0 Å². The van der Waals surface area contributed by atoms with Crippen LogP contribution in [0, 0.1) is 0 Å². The molecule has 0 aliphatic rings. The Morgan fingerprint density at radius 2 is 2.05 bits per heavy atom. The van der Waals surface area contributed by atoms with Crippen molar-refractivity contribution in [3.63, 3.8) is 0 Å². The second-order valence-corrected chi connectivity index (χ2v) is 5.57. The fraction of sp³-hybridized carbons (Fsp3) is 0.0625. The van der Waals surface area contributed by atoms with Gasteiger partial charge in [-0.3, -0.25) is 4.79 Å². The van der Waals surface area contributed by atoms with Crippen molar-refractivity contribution in [3.05, 3.63) is 69.2 Å². The Balaban J connectivity index is 2.08. The summed E-state index contributed by atoms with van der Waals surface area (Å²) in [7, 11) is 0. The first kappa shape index (κ1) is 15.6. The lowest BCUT2D eigenvalue weighted by molar-refractivity contribution is -0.113. The van der Waals surface area contributed by atoms with E-state index in [-0.39, 0.29) is 0 Å². The molecule has 108 valence electrons. The van der Waals surface area contributed by atoms with Crippen LogP contribution in [0.15, 0.2) is 53.0 Å². The predicted octanol–water partition coefficient (Wildman–Crippen LogP) is 4.18. The van der Waals surface area contributed by atoms with E-state index in [4.69, 9.17) is 22.1 Å². The van der Waals surface area contributed by atoms with Crippen molar-refractivity contribution in [2.75, 3.05) is 0 Å². The average Bonchev–Trinajstić information content (AvgIpc) is 2.45. The molecule has 0 aliphatic heterocycles. The fourth-order valence-corrected chi connectivity index (χ4v) is 2.39. The first-order valence-corrected chi connectivity index (χ1v) is 7.36. The summed E-state index contributed by atoms with van der Waals surface area (Å²) in [5.41, 5.74) is 6.83. The van der Waals surface area contributed by atoms with Crippen LogP contribution in [-0.4, -0.2) is 5.91 Å². The van der Waals surface area contributed by atoms with Crippen LogP contribution in [0.4, 0.5) is 0 Å². The third-order valence-electron chi connectivity index (χ3n) is 2.74. The van der Waals surface area contributed by atoms with Crippen molar-refractivity contribution < 1.29 is 9.53 Å². The van der Waals surface area contributed by atoms with Gasteiger partial charge in [0.2, 0.25) is 5.91 Å². The molecule has 0 saturated heterocycles. The molecule has 0 fully saturated rings. The van der Waals surface area contributed by atoms with Gasteiger partial charge < -0.3 is 10.5 Å². The number of halogens is 2. The maximum atomic E-state index is 10.7. The number of hydrogen-bond acceptors (Lipinski definition) is 2. The molecule has 0 aromatic heterocycles. The van der Waals surface area contributed by atoms with E-state index in [0.29, 0.717) is 17.4 Å². The predicted molar refractivity (Wildman–Crippen MR) is 88.2 cm³/mol. The highest BCUT2D eigenvalue weighted by Crippen LogP contribution is 2.28. The van der Waals surface area contributed by atoms with Crippen LogP contribution >= 0.6 is 27.5 Å². The summed E-state index contributed by atoms with van der Waals surface area (Å²) in [5, 5.41) is 0.676. The maximum Gasteiger partial charge on any atom is 0.241 e. The smallest absolute Gasteiger partial charge is 0.241 e. The van der Waals surface area contributed by atoms with Gasteiger partial charge in [-0.05, 0) is 45.8 Å². The molecule has 0 radical (unpaired) electrons. The average molecular weight is 367 g/mol. The van der Waals surface area contributed by atoms with E-state index in [9.17, 15) is 4.79 Å². The molecule has 0 heterocycles. The molecule has 0 aliphatic carbocycles. The first-order valence-electron chi connectivity index (χ1n) is 6.19. The number of rotatable bonds is 5. The number of amides is 1. The lowest BCUT2D eigenvalue weighted by Crippen LogP contribution is -2.05. The highest BCUT2D eigenvalue weighted by Gasteiger charge is 2.04. The van der Waals surface area contributed by atoms with Gasteiger partial charge in [0.1, 0.15) is 12.4 Å². The van der Waals surface area contributed by atoms with Gasteiger partial charge in [0.25, 0.3) is 0 Å². The van der Waals surface area contributed by atoms with E-state index in [1.165, 1.54) is 6.08 Å². The van der Waals surface area contributed by atoms with E-state index in [0.717, 1.165) is 15.6 Å². The topological polar surface area (TPSA) is 52.3 Å². The van der Waals surface area contributed by atoms with Crippen molar-refractivity contribution in [2.45, 2.75) is 6.61 Å². The molecule has 0 unspecified atom stereocenters. The minimum absolute atomic E-state index is 0.384. The molecule has 1 amide bonds. The van der Waals surface area contributed by atoms with Gasteiger partial charge in [-0.2, -0.15) is 0 Å². The quantitative estimate of drug-likeness (QED) is 0.807. The number of carbonyl (C=O) groups is 1. The Morgan fingerprint density at radius 1 is 1.29 bits per heavy atom. The number of nitrogens with two attached hydrogens (primary N) is 1. The van der Waals surface area contributed by atoms with Crippen LogP contribution in [0.2, 0.25) is 5.02 Å². The first-order chi connectivity index (χ1) is 10.1. The molecule has 0 bridgehead atoms. The van der Waals surface area contributed by atoms with E-state index in [1.807, 2.05) is 42.5 Å². The number of carbonyl (C=O) groups excluding carboxylic acids is 1. The Bertz CT molecular complexity index is 686. The summed E-state index contributed by atoms with van der Waals surface area (Å²) in [6, 6.07) is 13.0. The summed E-state index contributed by atoms with van der Waals surface area (Å²) < 4.78 is 6.53. The molecule has 21 heavy (non-hydrogen) atoms. The van der Waals surface area contributed by atoms with Crippen LogP contribution in [-0.2, 0) is 11.4 Å². The SMILES string of the molecule is NC(=O)/C=C/c1ccc(OCc2ccccc2Cl)c(Br)c1. The molecule has 0 atom stereocenters. The van der Waals surface area contributed by atoms with Crippen molar-refractivity contribution in [2.24, 2.45) is 5.73 Å². The molecule has 0 spiro atoms. The van der Waals surface area contributed by atoms with Crippen LogP contribution in [0.1, 0.15) is 11.1 Å². The zero-order chi connectivity index (χ0) is 15.2. The van der Waals surface area contributed by atoms with Crippen LogP contribution in [0.3, 0.4) is 0 Å². The zero-order valence-electron chi connectivity index (χ0n) is 11.1. The van der Waals surface area contributed by atoms with Crippen LogP contribution in [0.25, 0.3) is 6.08 Å². The van der Waals surface area contributed by atoms with Gasteiger partial charge in [0.15, 0.2) is 0 Å². The van der Waals surface area contributed by atoms with E-state index < -0.39 is 5.91 Å². The number of hydrogen-bond donors (Lipinski definition) is 1. The summed E-state index contributed by atoms with van der Waals surface area (Å²) in [4.78, 5) is 10.7. The minimum Gasteiger partial charge on any atom is -0.488 e. The molecule has 3 nitrogen and oxygen atoms in total. The molecule has 0 saturated carbocycles. The second-order valence-electron chi connectivity index (χ2n) is 4.31. The van der Waals surface area contributed by atoms with Gasteiger partial charge in [0.05, 0.1) is 4.47 Å². The number of benzene rings is 2. The lowest BCUT2D eigenvalue weighted by atomic mass is 10.2. The molecule has 2 aromatic rings. The third-order valence-corrected chi connectivity index (χ3v) is 3.73. The molecule has 2 N–H and O–H groups in total. The highest BCUT2D eigenvalue weighted by molar-refractivity contribution is 9.10. The zero-order valence-corrected chi connectivity index (χ0v) is 13.4. The Morgan fingerprint density at radius 3 is 2.71 bits per heavy atom. The van der Waals surface area contributed by atoms with Crippen molar-refractivity contribution in [1.29, 1.82) is 0 Å². The van der Waals surface area contributed by atoms with Gasteiger partial charge in [0, 0.05) is 16.7 Å². The van der Waals surface area contributed by atoms with Crippen LogP contribution in [0.5, 0.6) is 5.75 Å². The van der Waals surface area contributed by atoms with Crippen molar-refractivity contribution >= 4 is 39.5 Å². The van der Waals surface area contributed by atoms with E-state index in [2.05, 4.69) is 15.9 Å². The third kappa shape index (κ3) is 4.62. The fourth-order valence-electron chi connectivity index (χ4n) is 1.69. The summed E-state index contributed by atoms with van der Waals surface area (Å²) in [6.45, 7) is 0.384. The van der Waals surface area contributed by atoms with Gasteiger partial charge in [-0.25, -0.2) is 0 Å². The van der Waals surface area contributed by atoms with Gasteiger partial charge in [-0.1, -0.05) is 35.9 Å². The van der Waals surface area contributed by atoms with Crippen molar-refractivity contribution in [1.82, 2.24) is 0 Å². The summed E-state index contributed by atoms with van der Waals surface area (Å²) >= 11 is 9.52. The summed E-state index contributed by atoms with van der Waals surface area (Å²) in [6.07, 6.45) is 2.96. The molecule has 5 heteroatoms. The van der Waals surface area contributed by atoms with E-state index >= 15 is 0 Å². The molecule has 2 aromatic carbocycles. The summed E-state index contributed by atoms with van der Waals surface area (Å²) in [5.74, 6) is 0.219. The lowest BCUT2D eigenvalue weighted by Gasteiger charge is -2.10. The van der Waals surface area contributed by atoms with Crippen molar-refractivity contribution in [3.8, 4) is 5.75 Å². The Kier molecular flexibility index (Phi) is 5.42. The Hall–Kier alpha value is -1.78. The molecular formula is C16H13BrClNO2. The Labute approximate surface area is 136 Å². The standard InChI is InChI=1S/C16H13BrClNO2/c17-13-9-11(6-8-16(19)20)5-7-15(13)21-10-12-3-1-2-4-14(12)18/h1-9H,10H2,(H2,19,20)/b8-6+. The highest BCUT2D eigenvalue weighted by atomic mass is 79.9. The van der Waals surface area contributed by atoms with Crippen LogP contribution < -0.4 is 10.5 Å². The second kappa shape index (κ2) is 7.29. The number of ether oxygens (including phenoxy) is 1. The minimum atomic E-state index is -0.481.